The highest BCUT2D eigenvalue weighted by Crippen LogP contribution is 2.21. The lowest BCUT2D eigenvalue weighted by atomic mass is 10.2. The summed E-state index contributed by atoms with van der Waals surface area (Å²) < 4.78 is 0.922. The molecule has 0 aliphatic heterocycles. The Hall–Kier alpha value is -1.31. The molecule has 0 unspecified atom stereocenters. The highest BCUT2D eigenvalue weighted by atomic mass is 79.9. The van der Waals surface area contributed by atoms with Crippen LogP contribution in [0.3, 0.4) is 0 Å². The number of nitrogens with zero attached hydrogens (tertiary/aromatic N) is 1. The molecule has 0 saturated heterocycles. The van der Waals surface area contributed by atoms with Crippen LogP contribution in [0.1, 0.15) is 10.4 Å². The zero-order valence-corrected chi connectivity index (χ0v) is 10.8. The van der Waals surface area contributed by atoms with Crippen LogP contribution in [-0.2, 0) is 6.54 Å². The molecule has 0 saturated carbocycles. The van der Waals surface area contributed by atoms with Crippen LogP contribution in [0.25, 0.3) is 0 Å². The van der Waals surface area contributed by atoms with Crippen LogP contribution >= 0.6 is 27.3 Å². The second-order valence-corrected chi connectivity index (χ2v) is 5.18. The summed E-state index contributed by atoms with van der Waals surface area (Å²) in [6.45, 7) is 0.758. The van der Waals surface area contributed by atoms with Gasteiger partial charge in [-0.15, -0.1) is 11.3 Å². The maximum atomic E-state index is 8.99. The molecule has 1 heterocycles. The monoisotopic (exact) mass is 292 g/mol. The molecule has 0 aliphatic carbocycles. The van der Waals surface area contributed by atoms with Gasteiger partial charge in [-0.2, -0.15) is 5.26 Å². The lowest BCUT2D eigenvalue weighted by Gasteiger charge is -2.06. The smallest absolute Gasteiger partial charge is 0.101 e. The second-order valence-electron chi connectivity index (χ2n) is 3.23. The van der Waals surface area contributed by atoms with Gasteiger partial charge in [0.15, 0.2) is 0 Å². The predicted octanol–water partition coefficient (Wildman–Crippen LogP) is 3.99. The van der Waals surface area contributed by atoms with Gasteiger partial charge in [0, 0.05) is 15.9 Å². The Bertz CT molecular complexity index is 514. The summed E-state index contributed by atoms with van der Waals surface area (Å²) in [5.74, 6) is 0. The van der Waals surface area contributed by atoms with Crippen molar-refractivity contribution in [2.24, 2.45) is 0 Å². The van der Waals surface area contributed by atoms with Gasteiger partial charge in [-0.3, -0.25) is 0 Å². The zero-order valence-electron chi connectivity index (χ0n) is 8.40. The number of benzene rings is 1. The molecular weight excluding hydrogens is 284 g/mol. The lowest BCUT2D eigenvalue weighted by Crippen LogP contribution is -1.99. The van der Waals surface area contributed by atoms with Crippen molar-refractivity contribution in [3.05, 3.63) is 50.6 Å². The van der Waals surface area contributed by atoms with E-state index in [0.717, 1.165) is 16.7 Å². The molecule has 4 heteroatoms. The Morgan fingerprint density at radius 3 is 2.94 bits per heavy atom. The Balaban J connectivity index is 2.13. The predicted molar refractivity (Wildman–Crippen MR) is 70.5 cm³/mol. The normalized spacial score (nSPS) is 9.75. The van der Waals surface area contributed by atoms with Gasteiger partial charge in [-0.1, -0.05) is 22.0 Å². The molecule has 0 radical (unpaired) electrons. The van der Waals surface area contributed by atoms with E-state index in [1.54, 1.807) is 11.3 Å². The van der Waals surface area contributed by atoms with E-state index in [4.69, 9.17) is 5.26 Å². The van der Waals surface area contributed by atoms with E-state index in [0.29, 0.717) is 5.56 Å². The van der Waals surface area contributed by atoms with Gasteiger partial charge < -0.3 is 5.32 Å². The van der Waals surface area contributed by atoms with E-state index < -0.39 is 0 Å². The van der Waals surface area contributed by atoms with E-state index in [1.807, 2.05) is 29.6 Å². The first-order chi connectivity index (χ1) is 7.79. The molecule has 16 heavy (non-hydrogen) atoms. The fourth-order valence-corrected chi connectivity index (χ4v) is 2.36. The molecule has 0 spiro atoms. The molecule has 0 bridgehead atoms. The van der Waals surface area contributed by atoms with Crippen molar-refractivity contribution in [1.82, 2.24) is 0 Å². The van der Waals surface area contributed by atoms with Crippen molar-refractivity contribution in [2.45, 2.75) is 6.54 Å². The van der Waals surface area contributed by atoms with Crippen molar-refractivity contribution in [3.63, 3.8) is 0 Å². The molecule has 2 aromatic rings. The minimum absolute atomic E-state index is 0.658. The van der Waals surface area contributed by atoms with Gasteiger partial charge in [0.05, 0.1) is 11.3 Å². The molecule has 2 rings (SSSR count). The molecular formula is C12H9BrN2S. The van der Waals surface area contributed by atoms with Crippen LogP contribution in [0.2, 0.25) is 0 Å². The van der Waals surface area contributed by atoms with Gasteiger partial charge >= 0.3 is 0 Å². The number of halogens is 1. The number of nitrogens with one attached hydrogen (secondary N) is 1. The number of rotatable bonds is 3. The summed E-state index contributed by atoms with van der Waals surface area (Å²) >= 11 is 5.05. The standard InChI is InChI=1S/C12H9BrN2S/c13-10-3-4-12(9(6-10)7-14)15-8-11-2-1-5-16-11/h1-6,15H,8H2. The van der Waals surface area contributed by atoms with Gasteiger partial charge in [-0.25, -0.2) is 0 Å². The minimum Gasteiger partial charge on any atom is -0.379 e. The number of hydrogen-bond donors (Lipinski definition) is 1. The maximum absolute atomic E-state index is 8.99. The highest BCUT2D eigenvalue weighted by Gasteiger charge is 2.02. The first kappa shape index (κ1) is 11.2. The van der Waals surface area contributed by atoms with Crippen molar-refractivity contribution in [3.8, 4) is 6.07 Å². The Morgan fingerprint density at radius 2 is 2.25 bits per heavy atom. The summed E-state index contributed by atoms with van der Waals surface area (Å²) in [6, 6.07) is 11.9. The highest BCUT2D eigenvalue weighted by molar-refractivity contribution is 9.10. The Morgan fingerprint density at radius 1 is 1.38 bits per heavy atom. The van der Waals surface area contributed by atoms with Crippen molar-refractivity contribution < 1.29 is 0 Å². The Kier molecular flexibility index (Phi) is 3.60. The van der Waals surface area contributed by atoms with Crippen LogP contribution in [-0.4, -0.2) is 0 Å². The zero-order chi connectivity index (χ0) is 11.4. The van der Waals surface area contributed by atoms with E-state index >= 15 is 0 Å². The van der Waals surface area contributed by atoms with E-state index in [1.165, 1.54) is 4.88 Å². The average molecular weight is 293 g/mol. The first-order valence-electron chi connectivity index (χ1n) is 4.75. The number of anilines is 1. The van der Waals surface area contributed by atoms with Crippen LogP contribution < -0.4 is 5.32 Å². The minimum atomic E-state index is 0.658. The fourth-order valence-electron chi connectivity index (χ4n) is 1.36. The third kappa shape index (κ3) is 2.63. The van der Waals surface area contributed by atoms with Gasteiger partial charge in [0.25, 0.3) is 0 Å². The summed E-state index contributed by atoms with van der Waals surface area (Å²) in [4.78, 5) is 1.26. The largest absolute Gasteiger partial charge is 0.379 e. The molecule has 1 aromatic heterocycles. The third-order valence-corrected chi connectivity index (χ3v) is 3.50. The van der Waals surface area contributed by atoms with Crippen molar-refractivity contribution in [2.75, 3.05) is 5.32 Å². The summed E-state index contributed by atoms with van der Waals surface area (Å²) in [5.41, 5.74) is 1.53. The Labute approximate surface area is 107 Å². The molecule has 0 amide bonds. The molecule has 2 nitrogen and oxygen atoms in total. The molecule has 0 aliphatic rings. The van der Waals surface area contributed by atoms with Crippen molar-refractivity contribution in [1.29, 1.82) is 5.26 Å². The first-order valence-corrected chi connectivity index (χ1v) is 6.43. The van der Waals surface area contributed by atoms with Crippen LogP contribution in [0.5, 0.6) is 0 Å². The number of hydrogen-bond acceptors (Lipinski definition) is 3. The summed E-state index contributed by atoms with van der Waals surface area (Å²) in [6.07, 6.45) is 0. The van der Waals surface area contributed by atoms with E-state index in [2.05, 4.69) is 33.4 Å². The quantitative estimate of drug-likeness (QED) is 0.928. The maximum Gasteiger partial charge on any atom is 0.101 e. The average Bonchev–Trinajstić information content (AvgIpc) is 2.80. The molecule has 0 fully saturated rings. The SMILES string of the molecule is N#Cc1cc(Br)ccc1NCc1cccs1. The van der Waals surface area contributed by atoms with Crippen LogP contribution in [0.15, 0.2) is 40.2 Å². The third-order valence-electron chi connectivity index (χ3n) is 2.14. The van der Waals surface area contributed by atoms with Crippen LogP contribution in [0, 0.1) is 11.3 Å². The fraction of sp³-hybridized carbons (Fsp3) is 0.0833. The molecule has 1 N–H and O–H groups in total. The summed E-state index contributed by atoms with van der Waals surface area (Å²) in [7, 11) is 0. The van der Waals surface area contributed by atoms with Gasteiger partial charge in [-0.05, 0) is 29.6 Å². The van der Waals surface area contributed by atoms with Crippen LogP contribution in [0.4, 0.5) is 5.69 Å². The topological polar surface area (TPSA) is 35.8 Å². The number of thiophene rings is 1. The lowest BCUT2D eigenvalue weighted by molar-refractivity contribution is 1.19. The van der Waals surface area contributed by atoms with E-state index in [-0.39, 0.29) is 0 Å². The molecule has 0 atom stereocenters. The van der Waals surface area contributed by atoms with E-state index in [9.17, 15) is 0 Å². The van der Waals surface area contributed by atoms with Gasteiger partial charge in [0.2, 0.25) is 0 Å². The molecule has 1 aromatic carbocycles. The number of nitriles is 1. The van der Waals surface area contributed by atoms with Gasteiger partial charge in [0.1, 0.15) is 6.07 Å². The second kappa shape index (κ2) is 5.15. The summed E-state index contributed by atoms with van der Waals surface area (Å²) in [5, 5.41) is 14.3. The molecule has 80 valence electrons. The van der Waals surface area contributed by atoms with Crippen molar-refractivity contribution >= 4 is 33.0 Å².